The van der Waals surface area contributed by atoms with E-state index in [1.807, 2.05) is 31.2 Å². The molecule has 0 atom stereocenters. The maximum Gasteiger partial charge on any atom is 0.336 e. The summed E-state index contributed by atoms with van der Waals surface area (Å²) in [6, 6.07) is 12.5. The monoisotopic (exact) mass is 302 g/mol. The summed E-state index contributed by atoms with van der Waals surface area (Å²) in [5.74, 6) is -0.558. The van der Waals surface area contributed by atoms with Crippen LogP contribution in [0, 0.1) is 6.92 Å². The van der Waals surface area contributed by atoms with Crippen molar-refractivity contribution in [2.24, 2.45) is 0 Å². The van der Waals surface area contributed by atoms with Crippen molar-refractivity contribution in [3.05, 3.63) is 64.2 Å². The summed E-state index contributed by atoms with van der Waals surface area (Å²) >= 11 is 5.98. The number of hydrogen-bond donors (Lipinski definition) is 1. The summed E-state index contributed by atoms with van der Waals surface area (Å²) in [6.45, 7) is 1.96. The summed E-state index contributed by atoms with van der Waals surface area (Å²) in [5.41, 5.74) is 2.47. The SMILES string of the molecule is COc1ccc(Cl)cc1/C(=C/c1cccc(C)c1)C(=O)O. The molecule has 2 aromatic rings. The Morgan fingerprint density at radius 3 is 2.62 bits per heavy atom. The molecule has 21 heavy (non-hydrogen) atoms. The third kappa shape index (κ3) is 3.64. The molecule has 0 unspecified atom stereocenters. The lowest BCUT2D eigenvalue weighted by molar-refractivity contribution is -0.130. The zero-order valence-electron chi connectivity index (χ0n) is 11.8. The van der Waals surface area contributed by atoms with E-state index in [9.17, 15) is 9.90 Å². The summed E-state index contributed by atoms with van der Waals surface area (Å²) in [5, 5.41) is 9.96. The van der Waals surface area contributed by atoms with Crippen LogP contribution in [-0.2, 0) is 4.79 Å². The second-order valence-corrected chi connectivity index (χ2v) is 5.06. The lowest BCUT2D eigenvalue weighted by atomic mass is 10.0. The Hall–Kier alpha value is -2.26. The van der Waals surface area contributed by atoms with E-state index in [1.54, 1.807) is 24.3 Å². The van der Waals surface area contributed by atoms with Crippen molar-refractivity contribution < 1.29 is 14.6 Å². The smallest absolute Gasteiger partial charge is 0.336 e. The molecule has 0 aliphatic rings. The number of rotatable bonds is 4. The van der Waals surface area contributed by atoms with Crippen molar-refractivity contribution in [2.75, 3.05) is 7.11 Å². The van der Waals surface area contributed by atoms with Gasteiger partial charge in [-0.2, -0.15) is 0 Å². The van der Waals surface area contributed by atoms with Crippen LogP contribution in [0.4, 0.5) is 0 Å². The number of aryl methyl sites for hydroxylation is 1. The van der Waals surface area contributed by atoms with E-state index >= 15 is 0 Å². The van der Waals surface area contributed by atoms with E-state index < -0.39 is 5.97 Å². The molecule has 0 aliphatic carbocycles. The topological polar surface area (TPSA) is 46.5 Å². The van der Waals surface area contributed by atoms with Gasteiger partial charge in [0, 0.05) is 10.6 Å². The molecule has 0 aliphatic heterocycles. The molecule has 1 N–H and O–H groups in total. The molecule has 0 saturated carbocycles. The first kappa shape index (κ1) is 15.1. The van der Waals surface area contributed by atoms with Crippen molar-refractivity contribution in [3.8, 4) is 5.75 Å². The first-order chi connectivity index (χ1) is 10.0. The molecule has 0 spiro atoms. The van der Waals surface area contributed by atoms with E-state index in [0.29, 0.717) is 16.3 Å². The van der Waals surface area contributed by atoms with Crippen LogP contribution in [0.25, 0.3) is 11.6 Å². The number of carboxylic acids is 1. The fraction of sp³-hybridized carbons (Fsp3) is 0.118. The van der Waals surface area contributed by atoms with Crippen LogP contribution in [0.15, 0.2) is 42.5 Å². The fourth-order valence-corrected chi connectivity index (χ4v) is 2.24. The molecular formula is C17H15ClO3. The van der Waals surface area contributed by atoms with E-state index in [2.05, 4.69) is 0 Å². The number of carboxylic acid groups (broad SMARTS) is 1. The molecule has 0 amide bonds. The molecule has 2 rings (SSSR count). The number of halogens is 1. The minimum Gasteiger partial charge on any atom is -0.496 e. The summed E-state index contributed by atoms with van der Waals surface area (Å²) in [7, 11) is 1.50. The average molecular weight is 303 g/mol. The van der Waals surface area contributed by atoms with Gasteiger partial charge >= 0.3 is 5.97 Å². The van der Waals surface area contributed by atoms with Crippen LogP contribution >= 0.6 is 11.6 Å². The summed E-state index contributed by atoms with van der Waals surface area (Å²) in [4.78, 5) is 11.6. The van der Waals surface area contributed by atoms with Crippen LogP contribution in [0.3, 0.4) is 0 Å². The highest BCUT2D eigenvalue weighted by Crippen LogP contribution is 2.30. The predicted molar refractivity (Wildman–Crippen MR) is 84.7 cm³/mol. The quantitative estimate of drug-likeness (QED) is 0.677. The Morgan fingerprint density at radius 1 is 1.24 bits per heavy atom. The summed E-state index contributed by atoms with van der Waals surface area (Å²) < 4.78 is 5.23. The van der Waals surface area contributed by atoms with Gasteiger partial charge in [0.05, 0.1) is 12.7 Å². The first-order valence-corrected chi connectivity index (χ1v) is 6.74. The minimum atomic E-state index is -1.03. The third-order valence-corrected chi connectivity index (χ3v) is 3.27. The van der Waals surface area contributed by atoms with Crippen molar-refractivity contribution in [1.29, 1.82) is 0 Å². The largest absolute Gasteiger partial charge is 0.496 e. The molecule has 2 aromatic carbocycles. The number of aliphatic carboxylic acids is 1. The zero-order valence-corrected chi connectivity index (χ0v) is 12.5. The van der Waals surface area contributed by atoms with Crippen LogP contribution < -0.4 is 4.74 Å². The van der Waals surface area contributed by atoms with Crippen LogP contribution in [0.2, 0.25) is 5.02 Å². The van der Waals surface area contributed by atoms with Gasteiger partial charge in [0.15, 0.2) is 0 Å². The molecule has 0 aromatic heterocycles. The van der Waals surface area contributed by atoms with Gasteiger partial charge in [-0.3, -0.25) is 0 Å². The van der Waals surface area contributed by atoms with Crippen LogP contribution in [0.1, 0.15) is 16.7 Å². The molecule has 3 nitrogen and oxygen atoms in total. The molecule has 0 bridgehead atoms. The number of methoxy groups -OCH3 is 1. The van der Waals surface area contributed by atoms with Gasteiger partial charge in [0.2, 0.25) is 0 Å². The lowest BCUT2D eigenvalue weighted by Crippen LogP contribution is -2.02. The zero-order chi connectivity index (χ0) is 15.4. The number of benzene rings is 2. The maximum atomic E-state index is 11.6. The number of ether oxygens (including phenoxy) is 1. The van der Waals surface area contributed by atoms with E-state index in [4.69, 9.17) is 16.3 Å². The minimum absolute atomic E-state index is 0.139. The lowest BCUT2D eigenvalue weighted by Gasteiger charge is -2.10. The van der Waals surface area contributed by atoms with Crippen LogP contribution in [-0.4, -0.2) is 18.2 Å². The van der Waals surface area contributed by atoms with Gasteiger partial charge in [-0.25, -0.2) is 4.79 Å². The van der Waals surface area contributed by atoms with Crippen molar-refractivity contribution in [1.82, 2.24) is 0 Å². The Kier molecular flexibility index (Phi) is 4.66. The van der Waals surface area contributed by atoms with Gasteiger partial charge in [0.1, 0.15) is 5.75 Å². The highest BCUT2D eigenvalue weighted by Gasteiger charge is 2.16. The molecule has 0 saturated heterocycles. The first-order valence-electron chi connectivity index (χ1n) is 6.37. The van der Waals surface area contributed by atoms with Gasteiger partial charge < -0.3 is 9.84 Å². The predicted octanol–water partition coefficient (Wildman–Crippen LogP) is 4.28. The third-order valence-electron chi connectivity index (χ3n) is 3.04. The Morgan fingerprint density at radius 2 is 2.00 bits per heavy atom. The highest BCUT2D eigenvalue weighted by atomic mass is 35.5. The number of carbonyl (C=O) groups is 1. The normalized spacial score (nSPS) is 11.3. The highest BCUT2D eigenvalue weighted by molar-refractivity contribution is 6.31. The second kappa shape index (κ2) is 6.46. The van der Waals surface area contributed by atoms with E-state index in [1.165, 1.54) is 7.11 Å². The summed E-state index contributed by atoms with van der Waals surface area (Å²) in [6.07, 6.45) is 1.61. The van der Waals surface area contributed by atoms with E-state index in [0.717, 1.165) is 11.1 Å². The Labute approximate surface area is 128 Å². The molecule has 0 fully saturated rings. The number of hydrogen-bond acceptors (Lipinski definition) is 2. The fourth-order valence-electron chi connectivity index (χ4n) is 2.07. The van der Waals surface area contributed by atoms with Gasteiger partial charge in [-0.05, 0) is 36.8 Å². The molecule has 0 heterocycles. The van der Waals surface area contributed by atoms with E-state index in [-0.39, 0.29) is 5.57 Å². The van der Waals surface area contributed by atoms with Gasteiger partial charge in [-0.15, -0.1) is 0 Å². The van der Waals surface area contributed by atoms with Crippen molar-refractivity contribution >= 4 is 29.2 Å². The maximum absolute atomic E-state index is 11.6. The van der Waals surface area contributed by atoms with Crippen molar-refractivity contribution in [3.63, 3.8) is 0 Å². The van der Waals surface area contributed by atoms with Gasteiger partial charge in [0.25, 0.3) is 0 Å². The standard InChI is InChI=1S/C17H15ClO3/c1-11-4-3-5-12(8-11)9-15(17(19)20)14-10-13(18)6-7-16(14)21-2/h3-10H,1-2H3,(H,19,20)/b15-9-. The second-order valence-electron chi connectivity index (χ2n) is 4.62. The Bertz CT molecular complexity index is 705. The molecular weight excluding hydrogens is 288 g/mol. The Balaban J connectivity index is 2.59. The molecule has 108 valence electrons. The van der Waals surface area contributed by atoms with Gasteiger partial charge in [-0.1, -0.05) is 41.4 Å². The molecule has 4 heteroatoms. The van der Waals surface area contributed by atoms with Crippen LogP contribution in [0.5, 0.6) is 5.75 Å². The van der Waals surface area contributed by atoms with Crippen molar-refractivity contribution in [2.45, 2.75) is 6.92 Å². The molecule has 0 radical (unpaired) electrons. The average Bonchev–Trinajstić information content (AvgIpc) is 2.44.